The zero-order valence-electron chi connectivity index (χ0n) is 8.98. The lowest BCUT2D eigenvalue weighted by Crippen LogP contribution is -2.17. The second-order valence-corrected chi connectivity index (χ2v) is 4.93. The summed E-state index contributed by atoms with van der Waals surface area (Å²) in [6.45, 7) is 2.30. The minimum absolute atomic E-state index is 0.258. The van der Waals surface area contributed by atoms with Crippen LogP contribution in [0.1, 0.15) is 18.9 Å². The molecule has 15 heavy (non-hydrogen) atoms. The third-order valence-electron chi connectivity index (χ3n) is 2.92. The van der Waals surface area contributed by atoms with E-state index in [1.165, 1.54) is 5.56 Å². The molecule has 0 saturated heterocycles. The number of hydrogen-bond donors (Lipinski definition) is 1. The van der Waals surface area contributed by atoms with Gasteiger partial charge in [0, 0.05) is 4.90 Å². The molecule has 1 atom stereocenters. The largest absolute Gasteiger partial charge is 0.143 e. The highest BCUT2D eigenvalue weighted by Gasteiger charge is 2.21. The molecule has 0 radical (unpaired) electrons. The van der Waals surface area contributed by atoms with Crippen LogP contribution in [0.25, 0.3) is 0 Å². The van der Waals surface area contributed by atoms with Gasteiger partial charge in [-0.3, -0.25) is 0 Å². The van der Waals surface area contributed by atoms with Gasteiger partial charge in [0.1, 0.15) is 0 Å². The molecule has 1 aromatic rings. The zero-order valence-corrected chi connectivity index (χ0v) is 9.87. The molecule has 0 fully saturated rings. The molecule has 0 aromatic heterocycles. The normalized spacial score (nSPS) is 24.4. The van der Waals surface area contributed by atoms with E-state index in [0.29, 0.717) is 0 Å². The number of allylic oxidation sites excluding steroid dienone is 4. The van der Waals surface area contributed by atoms with Gasteiger partial charge in [0.05, 0.1) is 0 Å². The van der Waals surface area contributed by atoms with Gasteiger partial charge in [-0.15, -0.1) is 12.6 Å². The second kappa shape index (κ2) is 4.28. The van der Waals surface area contributed by atoms with Crippen LogP contribution < -0.4 is 0 Å². The van der Waals surface area contributed by atoms with E-state index in [4.69, 9.17) is 0 Å². The molecule has 0 unspecified atom stereocenters. The van der Waals surface area contributed by atoms with Crippen LogP contribution in [0.15, 0.2) is 53.5 Å². The Bertz CT molecular complexity index is 404. The van der Waals surface area contributed by atoms with Crippen LogP contribution >= 0.6 is 12.6 Å². The average Bonchev–Trinajstić information content (AvgIpc) is 2.22. The number of hydrogen-bond acceptors (Lipinski definition) is 1. The summed E-state index contributed by atoms with van der Waals surface area (Å²) >= 11 is 4.49. The van der Waals surface area contributed by atoms with E-state index in [2.05, 4.69) is 62.1 Å². The Kier molecular flexibility index (Phi) is 3.01. The first-order chi connectivity index (χ1) is 7.20. The van der Waals surface area contributed by atoms with E-state index >= 15 is 0 Å². The predicted molar refractivity (Wildman–Crippen MR) is 68.4 cm³/mol. The van der Waals surface area contributed by atoms with Crippen molar-refractivity contribution >= 4 is 12.6 Å². The van der Waals surface area contributed by atoms with Crippen LogP contribution in [0, 0.1) is 5.41 Å². The molecule has 78 valence electrons. The van der Waals surface area contributed by atoms with E-state index in [9.17, 15) is 0 Å². The summed E-state index contributed by atoms with van der Waals surface area (Å²) in [4.78, 5) is 1.10. The predicted octanol–water partition coefficient (Wildman–Crippen LogP) is 4.04. The fourth-order valence-corrected chi connectivity index (χ4v) is 2.24. The molecule has 0 N–H and O–H groups in total. The van der Waals surface area contributed by atoms with E-state index in [1.807, 2.05) is 6.07 Å². The van der Waals surface area contributed by atoms with Crippen molar-refractivity contribution in [1.29, 1.82) is 0 Å². The van der Waals surface area contributed by atoms with Crippen LogP contribution in [0.4, 0.5) is 0 Å². The fraction of sp³-hybridized carbons (Fsp3) is 0.286. The maximum Gasteiger partial charge on any atom is 0.00723 e. The molecule has 0 nitrogen and oxygen atoms in total. The quantitative estimate of drug-likeness (QED) is 0.709. The summed E-state index contributed by atoms with van der Waals surface area (Å²) < 4.78 is 0. The van der Waals surface area contributed by atoms with Crippen LogP contribution in [0.5, 0.6) is 0 Å². The van der Waals surface area contributed by atoms with Gasteiger partial charge < -0.3 is 0 Å². The minimum Gasteiger partial charge on any atom is -0.143 e. The number of benzene rings is 1. The maximum absolute atomic E-state index is 4.49. The van der Waals surface area contributed by atoms with Gasteiger partial charge in [0.2, 0.25) is 0 Å². The first kappa shape index (κ1) is 10.6. The molecule has 1 aliphatic rings. The number of thiol groups is 1. The van der Waals surface area contributed by atoms with Crippen molar-refractivity contribution < 1.29 is 0 Å². The smallest absolute Gasteiger partial charge is 0.00723 e. The van der Waals surface area contributed by atoms with Gasteiger partial charge in [0.15, 0.2) is 0 Å². The standard InChI is InChI=1S/C14H16S/c1-14(9-5-2-6-10-14)11-12-7-3-4-8-13(12)15/h2-9,15H,10-11H2,1H3/t14-/m0/s1. The molecule has 1 aromatic carbocycles. The topological polar surface area (TPSA) is 0 Å². The first-order valence-electron chi connectivity index (χ1n) is 5.31. The first-order valence-corrected chi connectivity index (χ1v) is 5.76. The summed E-state index contributed by atoms with van der Waals surface area (Å²) in [5.41, 5.74) is 1.59. The Hall–Kier alpha value is -0.950. The van der Waals surface area contributed by atoms with Crippen molar-refractivity contribution in [2.24, 2.45) is 5.41 Å². The molecular weight excluding hydrogens is 200 g/mol. The van der Waals surface area contributed by atoms with Crippen molar-refractivity contribution in [3.63, 3.8) is 0 Å². The van der Waals surface area contributed by atoms with Crippen molar-refractivity contribution in [3.8, 4) is 0 Å². The van der Waals surface area contributed by atoms with E-state index < -0.39 is 0 Å². The van der Waals surface area contributed by atoms with Crippen LogP contribution in [0.2, 0.25) is 0 Å². The Morgan fingerprint density at radius 2 is 2.07 bits per heavy atom. The molecule has 2 rings (SSSR count). The van der Waals surface area contributed by atoms with Gasteiger partial charge in [0.25, 0.3) is 0 Å². The van der Waals surface area contributed by atoms with Crippen molar-refractivity contribution in [3.05, 3.63) is 54.1 Å². The highest BCUT2D eigenvalue weighted by atomic mass is 32.1. The molecule has 0 aliphatic heterocycles. The summed E-state index contributed by atoms with van der Waals surface area (Å²) in [7, 11) is 0. The van der Waals surface area contributed by atoms with Crippen LogP contribution in [-0.4, -0.2) is 0 Å². The average molecular weight is 216 g/mol. The Balaban J connectivity index is 2.18. The van der Waals surface area contributed by atoms with Crippen LogP contribution in [0.3, 0.4) is 0 Å². The highest BCUT2D eigenvalue weighted by molar-refractivity contribution is 7.80. The van der Waals surface area contributed by atoms with Gasteiger partial charge in [-0.25, -0.2) is 0 Å². The molecule has 0 bridgehead atoms. The molecule has 0 heterocycles. The molecular formula is C14H16S. The zero-order chi connectivity index (χ0) is 10.7. The monoisotopic (exact) mass is 216 g/mol. The summed E-state index contributed by atoms with van der Waals surface area (Å²) in [6, 6.07) is 8.34. The number of rotatable bonds is 2. The van der Waals surface area contributed by atoms with E-state index in [0.717, 1.165) is 17.7 Å². The van der Waals surface area contributed by atoms with Gasteiger partial charge in [-0.1, -0.05) is 49.4 Å². The van der Waals surface area contributed by atoms with Gasteiger partial charge in [-0.05, 0) is 29.9 Å². The Labute approximate surface area is 97.1 Å². The summed E-state index contributed by atoms with van der Waals surface area (Å²) in [5.74, 6) is 0. The summed E-state index contributed by atoms with van der Waals surface area (Å²) in [6.07, 6.45) is 11.0. The lowest BCUT2D eigenvalue weighted by molar-refractivity contribution is 0.424. The van der Waals surface area contributed by atoms with E-state index in [1.54, 1.807) is 0 Å². The Morgan fingerprint density at radius 1 is 1.27 bits per heavy atom. The third-order valence-corrected chi connectivity index (χ3v) is 3.35. The third kappa shape index (κ3) is 2.54. The molecule has 0 saturated carbocycles. The molecule has 0 amide bonds. The highest BCUT2D eigenvalue weighted by Crippen LogP contribution is 2.32. The molecule has 1 aliphatic carbocycles. The van der Waals surface area contributed by atoms with Gasteiger partial charge in [-0.2, -0.15) is 0 Å². The van der Waals surface area contributed by atoms with Crippen molar-refractivity contribution in [1.82, 2.24) is 0 Å². The minimum atomic E-state index is 0.258. The van der Waals surface area contributed by atoms with Crippen LogP contribution in [-0.2, 0) is 6.42 Å². The fourth-order valence-electron chi connectivity index (χ4n) is 2.00. The lowest BCUT2D eigenvalue weighted by atomic mass is 9.78. The van der Waals surface area contributed by atoms with E-state index in [-0.39, 0.29) is 5.41 Å². The van der Waals surface area contributed by atoms with Crippen molar-refractivity contribution in [2.75, 3.05) is 0 Å². The lowest BCUT2D eigenvalue weighted by Gasteiger charge is -2.27. The Morgan fingerprint density at radius 3 is 2.73 bits per heavy atom. The molecule has 0 spiro atoms. The second-order valence-electron chi connectivity index (χ2n) is 4.45. The SMILES string of the molecule is C[C@]1(Cc2ccccc2S)C=CC=CC1. The maximum atomic E-state index is 4.49. The molecule has 1 heteroatoms. The van der Waals surface area contributed by atoms with Gasteiger partial charge >= 0.3 is 0 Å². The summed E-state index contributed by atoms with van der Waals surface area (Å²) in [5, 5.41) is 0. The van der Waals surface area contributed by atoms with Crippen molar-refractivity contribution in [2.45, 2.75) is 24.7 Å².